The van der Waals surface area contributed by atoms with Crippen molar-refractivity contribution in [3.63, 3.8) is 0 Å². The fourth-order valence-corrected chi connectivity index (χ4v) is 5.92. The second kappa shape index (κ2) is 12.9. The molecule has 1 aliphatic heterocycles. The average Bonchev–Trinajstić information content (AvgIpc) is 3.43. The van der Waals surface area contributed by atoms with Gasteiger partial charge in [0, 0.05) is 93.8 Å². The number of aromatic carboxylic acids is 1. The number of halogens is 1. The van der Waals surface area contributed by atoms with Gasteiger partial charge in [-0.2, -0.15) is 0 Å². The first kappa shape index (κ1) is 30.7. The molecule has 1 fully saturated rings. The number of pyridine rings is 1. The molecule has 215 valence electrons. The summed E-state index contributed by atoms with van der Waals surface area (Å²) in [5, 5.41) is 11.4. The number of aromatic amines is 1. The summed E-state index contributed by atoms with van der Waals surface area (Å²) in [6, 6.07) is 17.2. The Kier molecular flexibility index (Phi) is 9.43. The summed E-state index contributed by atoms with van der Waals surface area (Å²) < 4.78 is 6.06. The van der Waals surface area contributed by atoms with Crippen molar-refractivity contribution in [1.29, 1.82) is 0 Å². The van der Waals surface area contributed by atoms with Crippen LogP contribution in [0.1, 0.15) is 35.2 Å². The van der Waals surface area contributed by atoms with Crippen molar-refractivity contribution in [1.82, 2.24) is 14.9 Å². The summed E-state index contributed by atoms with van der Waals surface area (Å²) >= 11 is 6.16. The van der Waals surface area contributed by atoms with E-state index < -0.39 is 5.97 Å². The van der Waals surface area contributed by atoms with E-state index >= 15 is 0 Å². The van der Waals surface area contributed by atoms with Gasteiger partial charge in [0.15, 0.2) is 0 Å². The minimum absolute atomic E-state index is 0. The van der Waals surface area contributed by atoms with Crippen molar-refractivity contribution in [3.05, 3.63) is 103 Å². The molecule has 2 N–H and O–H groups in total. The third-order valence-corrected chi connectivity index (χ3v) is 8.33. The van der Waals surface area contributed by atoms with Crippen LogP contribution in [0.3, 0.4) is 0 Å². The molecule has 0 bridgehead atoms. The number of benzene rings is 2. The molecule has 3 heterocycles. The molecule has 42 heavy (non-hydrogen) atoms. The summed E-state index contributed by atoms with van der Waals surface area (Å²) in [5.74, 6) is -0.232. The Morgan fingerprint density at radius 3 is 2.57 bits per heavy atom. The number of aromatic nitrogens is 2. The molecule has 2 aliphatic rings. The normalized spacial score (nSPS) is 17.3. The molecule has 1 aliphatic carbocycles. The van der Waals surface area contributed by atoms with Crippen LogP contribution in [0, 0.1) is 19.3 Å². The Labute approximate surface area is 276 Å². The van der Waals surface area contributed by atoms with Crippen LogP contribution < -0.4 is 9.64 Å². The second-order valence-corrected chi connectivity index (χ2v) is 11.6. The number of carboxylic acids is 1. The molecule has 1 radical (unpaired) electrons. The topological polar surface area (TPSA) is 81.7 Å². The van der Waals surface area contributed by atoms with Crippen LogP contribution in [0.5, 0.6) is 11.5 Å². The summed E-state index contributed by atoms with van der Waals surface area (Å²) in [6.45, 7) is 13.1. The summed E-state index contributed by atoms with van der Waals surface area (Å²) in [5.41, 5.74) is 5.62. The zero-order chi connectivity index (χ0) is 28.6. The molecule has 1 saturated heterocycles. The van der Waals surface area contributed by atoms with Gasteiger partial charge >= 0.3 is 5.97 Å². The van der Waals surface area contributed by atoms with Gasteiger partial charge in [-0.15, -0.1) is 0 Å². The van der Waals surface area contributed by atoms with E-state index in [4.69, 9.17) is 16.3 Å². The Morgan fingerprint density at radius 1 is 1.07 bits per heavy atom. The minimum atomic E-state index is -1.03. The monoisotopic (exact) mass is 657 g/mol. The SMILES string of the molecule is [CH2-]C1([CH2-])CCC(CN2CCN(c3ccc(C(=O)O)c(Oc4cnc5[nH]ccc5c4)c3)CC2)=C(c2ccc(Cl)cc2)C1.[Y]. The largest absolute Gasteiger partial charge is 0.478 e. The van der Waals surface area contributed by atoms with Crippen LogP contribution in [-0.4, -0.2) is 58.7 Å². The van der Waals surface area contributed by atoms with Crippen molar-refractivity contribution in [3.8, 4) is 11.5 Å². The van der Waals surface area contributed by atoms with Crippen LogP contribution in [0.25, 0.3) is 16.6 Å². The number of allylic oxidation sites excluding steroid dienone is 1. The summed E-state index contributed by atoms with van der Waals surface area (Å²) in [6.07, 6.45) is 6.23. The number of ether oxygens (including phenoxy) is 1. The number of fused-ring (bicyclic) bond motifs is 1. The zero-order valence-corrected chi connectivity index (χ0v) is 27.1. The molecule has 0 spiro atoms. The number of piperazine rings is 1. The number of carbonyl (C=O) groups is 1. The average molecular weight is 658 g/mol. The Balaban J connectivity index is 0.00000353. The van der Waals surface area contributed by atoms with Gasteiger partial charge in [0.25, 0.3) is 0 Å². The molecule has 0 unspecified atom stereocenters. The molecule has 0 amide bonds. The van der Waals surface area contributed by atoms with Crippen molar-refractivity contribution in [2.24, 2.45) is 5.41 Å². The van der Waals surface area contributed by atoms with Gasteiger partial charge in [-0.3, -0.25) is 10.3 Å². The first-order valence-corrected chi connectivity index (χ1v) is 14.3. The molecule has 6 rings (SSSR count). The van der Waals surface area contributed by atoms with Crippen molar-refractivity contribution in [2.75, 3.05) is 37.6 Å². The third kappa shape index (κ3) is 6.91. The number of H-pyrrole nitrogens is 1. The quantitative estimate of drug-likeness (QED) is 0.206. The molecule has 7 nitrogen and oxygen atoms in total. The van der Waals surface area contributed by atoms with E-state index in [-0.39, 0.29) is 43.7 Å². The van der Waals surface area contributed by atoms with Crippen LogP contribution in [0.15, 0.2) is 72.6 Å². The molecule has 2 aromatic heterocycles. The predicted octanol–water partition coefficient (Wildman–Crippen LogP) is 7.12. The van der Waals surface area contributed by atoms with Gasteiger partial charge in [0.2, 0.25) is 0 Å². The van der Waals surface area contributed by atoms with E-state index in [2.05, 4.69) is 45.7 Å². The Hall–Kier alpha value is -2.71. The van der Waals surface area contributed by atoms with Crippen molar-refractivity contribution < 1.29 is 47.3 Å². The molecule has 0 saturated carbocycles. The number of rotatable bonds is 7. The zero-order valence-electron chi connectivity index (χ0n) is 23.5. The fraction of sp³-hybridized carbons (Fsp3) is 0.273. The van der Waals surface area contributed by atoms with Crippen LogP contribution in [-0.2, 0) is 32.7 Å². The standard InChI is InChI=1S/C33H33ClN4O3.Y/c1-33(2)11-9-24(29(19-33)22-3-5-25(34)6-4-22)21-37-13-15-38(16-14-37)26-7-8-28(32(39)40)30(18-26)41-27-17-23-10-12-35-31(23)36-20-27;/h3-8,10,12,17-18,20H,1-2,9,11,13-16,19,21H2,(H,35,36)(H,39,40);/q-2;. The molecule has 0 atom stereocenters. The second-order valence-electron chi connectivity index (χ2n) is 11.2. The van der Waals surface area contributed by atoms with Gasteiger partial charge in [-0.05, 0) is 54.0 Å². The minimum Gasteiger partial charge on any atom is -0.478 e. The number of hydrogen-bond donors (Lipinski definition) is 2. The van der Waals surface area contributed by atoms with Crippen molar-refractivity contribution in [2.45, 2.75) is 19.3 Å². The Morgan fingerprint density at radius 2 is 1.83 bits per heavy atom. The van der Waals surface area contributed by atoms with Crippen LogP contribution in [0.2, 0.25) is 5.02 Å². The van der Waals surface area contributed by atoms with Gasteiger partial charge in [0.1, 0.15) is 22.7 Å². The molecular formula is C33H33ClN4O3Y-2. The van der Waals surface area contributed by atoms with E-state index in [1.54, 1.807) is 12.3 Å². The molecule has 2 aromatic carbocycles. The molecular weight excluding hydrogens is 625 g/mol. The molecule has 4 aromatic rings. The number of nitrogens with one attached hydrogen (secondary N) is 1. The number of carboxylic acid groups (broad SMARTS) is 1. The predicted molar refractivity (Wildman–Crippen MR) is 164 cm³/mol. The van der Waals surface area contributed by atoms with Crippen LogP contribution >= 0.6 is 11.6 Å². The van der Waals surface area contributed by atoms with Crippen molar-refractivity contribution >= 4 is 39.9 Å². The molecule has 9 heteroatoms. The summed E-state index contributed by atoms with van der Waals surface area (Å²) in [4.78, 5) is 24.1. The number of anilines is 1. The fourth-order valence-electron chi connectivity index (χ4n) is 5.79. The number of nitrogens with zero attached hydrogens (tertiary/aromatic N) is 3. The first-order valence-electron chi connectivity index (χ1n) is 13.9. The maximum absolute atomic E-state index is 11.9. The first-order chi connectivity index (χ1) is 19.7. The van der Waals surface area contributed by atoms with Gasteiger partial charge in [0.05, 0.1) is 6.20 Å². The van der Waals surface area contributed by atoms with E-state index in [1.807, 2.05) is 42.6 Å². The van der Waals surface area contributed by atoms with E-state index in [0.717, 1.165) is 73.7 Å². The number of hydrogen-bond acceptors (Lipinski definition) is 5. The van der Waals surface area contributed by atoms with E-state index in [0.29, 0.717) is 11.5 Å². The smallest absolute Gasteiger partial charge is 0.339 e. The Bertz CT molecular complexity index is 1610. The van der Waals surface area contributed by atoms with E-state index in [1.165, 1.54) is 16.7 Å². The maximum atomic E-state index is 11.9. The third-order valence-electron chi connectivity index (χ3n) is 8.08. The van der Waals surface area contributed by atoms with E-state index in [9.17, 15) is 9.90 Å². The van der Waals surface area contributed by atoms with Gasteiger partial charge < -0.3 is 33.6 Å². The summed E-state index contributed by atoms with van der Waals surface area (Å²) in [7, 11) is 0. The van der Waals surface area contributed by atoms with Crippen LogP contribution in [0.4, 0.5) is 5.69 Å². The maximum Gasteiger partial charge on any atom is 0.339 e. The van der Waals surface area contributed by atoms with Gasteiger partial charge in [-0.25, -0.2) is 9.78 Å². The van der Waals surface area contributed by atoms with Gasteiger partial charge in [-0.1, -0.05) is 42.1 Å².